The number of halogens is 1. The van der Waals surface area contributed by atoms with Crippen molar-refractivity contribution in [2.45, 2.75) is 26.2 Å². The van der Waals surface area contributed by atoms with Crippen molar-refractivity contribution in [3.63, 3.8) is 0 Å². The minimum atomic E-state index is 0.293. The van der Waals surface area contributed by atoms with Gasteiger partial charge in [-0.15, -0.1) is 0 Å². The summed E-state index contributed by atoms with van der Waals surface area (Å²) in [5.74, 6) is 0.293. The molecule has 0 aliphatic heterocycles. The van der Waals surface area contributed by atoms with E-state index in [1.807, 2.05) is 12.1 Å². The number of oxime groups is 1. The molecule has 0 heterocycles. The summed E-state index contributed by atoms with van der Waals surface area (Å²) < 4.78 is 1.11. The van der Waals surface area contributed by atoms with Crippen LogP contribution in [0.5, 0.6) is 0 Å². The first kappa shape index (κ1) is 13.8. The van der Waals surface area contributed by atoms with E-state index in [1.54, 1.807) is 0 Å². The van der Waals surface area contributed by atoms with Gasteiger partial charge in [-0.1, -0.05) is 17.3 Å². The third-order valence-corrected chi connectivity index (χ3v) is 3.55. The van der Waals surface area contributed by atoms with Gasteiger partial charge in [0.15, 0.2) is 0 Å². The van der Waals surface area contributed by atoms with Crippen LogP contribution in [-0.2, 0) is 0 Å². The van der Waals surface area contributed by atoms with E-state index < -0.39 is 0 Å². The maximum atomic E-state index is 8.38. The molecule has 0 amide bonds. The second-order valence-corrected chi connectivity index (χ2v) is 4.70. The zero-order valence-electron chi connectivity index (χ0n) is 9.91. The number of nitrogens with zero attached hydrogens (tertiary/aromatic N) is 1. The highest BCUT2D eigenvalue weighted by atomic mass is 79.9. The molecule has 0 fully saturated rings. The van der Waals surface area contributed by atoms with Gasteiger partial charge in [0.05, 0.1) is 0 Å². The van der Waals surface area contributed by atoms with E-state index in [2.05, 4.69) is 39.4 Å². The van der Waals surface area contributed by atoms with Crippen LogP contribution in [0.15, 0.2) is 27.8 Å². The molecule has 1 rings (SSSR count). The first-order valence-corrected chi connectivity index (χ1v) is 6.40. The van der Waals surface area contributed by atoms with Crippen LogP contribution in [0.4, 0.5) is 5.69 Å². The predicted octanol–water partition coefficient (Wildman–Crippen LogP) is 3.09. The van der Waals surface area contributed by atoms with Gasteiger partial charge < -0.3 is 16.3 Å². The van der Waals surface area contributed by atoms with Gasteiger partial charge >= 0.3 is 0 Å². The van der Waals surface area contributed by atoms with Crippen LogP contribution in [0.3, 0.4) is 0 Å². The fourth-order valence-electron chi connectivity index (χ4n) is 1.49. The number of nitrogens with two attached hydrogens (primary N) is 1. The summed E-state index contributed by atoms with van der Waals surface area (Å²) in [7, 11) is 0. The molecular formula is C12H18BrN3O. The van der Waals surface area contributed by atoms with E-state index in [4.69, 9.17) is 10.9 Å². The van der Waals surface area contributed by atoms with E-state index in [0.29, 0.717) is 12.3 Å². The maximum absolute atomic E-state index is 8.38. The molecule has 0 spiro atoms. The molecule has 1 aromatic carbocycles. The topological polar surface area (TPSA) is 70.6 Å². The van der Waals surface area contributed by atoms with E-state index in [0.717, 1.165) is 29.5 Å². The Kier molecular flexibility index (Phi) is 5.83. The lowest BCUT2D eigenvalue weighted by molar-refractivity contribution is 0.316. The fourth-order valence-corrected chi connectivity index (χ4v) is 1.89. The molecule has 0 unspecified atom stereocenters. The molecule has 4 nitrogen and oxygen atoms in total. The molecule has 0 atom stereocenters. The van der Waals surface area contributed by atoms with Crippen molar-refractivity contribution in [3.05, 3.63) is 28.2 Å². The lowest BCUT2D eigenvalue weighted by Gasteiger charge is -2.09. The minimum absolute atomic E-state index is 0.293. The number of benzene rings is 1. The van der Waals surface area contributed by atoms with Gasteiger partial charge in [0, 0.05) is 23.1 Å². The van der Waals surface area contributed by atoms with Crippen molar-refractivity contribution in [2.75, 3.05) is 11.9 Å². The lowest BCUT2D eigenvalue weighted by atomic mass is 10.2. The van der Waals surface area contributed by atoms with Crippen molar-refractivity contribution in [1.82, 2.24) is 0 Å². The minimum Gasteiger partial charge on any atom is -0.409 e. The van der Waals surface area contributed by atoms with Gasteiger partial charge in [-0.2, -0.15) is 0 Å². The summed E-state index contributed by atoms with van der Waals surface area (Å²) in [4.78, 5) is 0. The summed E-state index contributed by atoms with van der Waals surface area (Å²) in [5, 5.41) is 14.7. The average molecular weight is 300 g/mol. The van der Waals surface area contributed by atoms with E-state index >= 15 is 0 Å². The first-order valence-electron chi connectivity index (χ1n) is 5.60. The van der Waals surface area contributed by atoms with Crippen molar-refractivity contribution in [2.24, 2.45) is 10.9 Å². The van der Waals surface area contributed by atoms with Crippen molar-refractivity contribution >= 4 is 27.5 Å². The first-order chi connectivity index (χ1) is 8.15. The highest BCUT2D eigenvalue weighted by Crippen LogP contribution is 2.25. The van der Waals surface area contributed by atoms with Crippen LogP contribution in [0.25, 0.3) is 0 Å². The number of anilines is 1. The molecule has 94 valence electrons. The van der Waals surface area contributed by atoms with Crippen LogP contribution in [-0.4, -0.2) is 17.6 Å². The SMILES string of the molecule is Cc1cccc(NCCCC/C(N)=N/O)c1Br. The molecule has 5 heteroatoms. The third kappa shape index (κ3) is 4.65. The normalized spacial score (nSPS) is 11.5. The van der Waals surface area contributed by atoms with Crippen LogP contribution in [0.1, 0.15) is 24.8 Å². The zero-order valence-corrected chi connectivity index (χ0v) is 11.5. The van der Waals surface area contributed by atoms with Crippen LogP contribution < -0.4 is 11.1 Å². The van der Waals surface area contributed by atoms with Gasteiger partial charge in [-0.3, -0.25) is 0 Å². The van der Waals surface area contributed by atoms with Gasteiger partial charge in [0.1, 0.15) is 5.84 Å². The number of hydrogen-bond donors (Lipinski definition) is 3. The Labute approximate surface area is 110 Å². The summed E-state index contributed by atoms with van der Waals surface area (Å²) in [6.45, 7) is 2.94. The highest BCUT2D eigenvalue weighted by molar-refractivity contribution is 9.10. The quantitative estimate of drug-likeness (QED) is 0.248. The van der Waals surface area contributed by atoms with Gasteiger partial charge in [-0.05, 0) is 47.3 Å². The molecule has 0 radical (unpaired) electrons. The smallest absolute Gasteiger partial charge is 0.139 e. The molecule has 0 saturated carbocycles. The van der Waals surface area contributed by atoms with Gasteiger partial charge in [0.2, 0.25) is 0 Å². The van der Waals surface area contributed by atoms with E-state index in [9.17, 15) is 0 Å². The predicted molar refractivity (Wildman–Crippen MR) is 74.6 cm³/mol. The summed E-state index contributed by atoms with van der Waals surface area (Å²) in [5.41, 5.74) is 7.70. The van der Waals surface area contributed by atoms with Gasteiger partial charge in [-0.25, -0.2) is 0 Å². The van der Waals surface area contributed by atoms with Crippen LogP contribution in [0, 0.1) is 6.92 Å². The molecule has 0 bridgehead atoms. The zero-order chi connectivity index (χ0) is 12.7. The highest BCUT2D eigenvalue weighted by Gasteiger charge is 2.01. The second kappa shape index (κ2) is 7.17. The van der Waals surface area contributed by atoms with Crippen LogP contribution >= 0.6 is 15.9 Å². The molecule has 0 aliphatic rings. The van der Waals surface area contributed by atoms with Gasteiger partial charge in [0.25, 0.3) is 0 Å². The number of unbranched alkanes of at least 4 members (excludes halogenated alkanes) is 1. The summed E-state index contributed by atoms with van der Waals surface area (Å²) in [6, 6.07) is 6.13. The van der Waals surface area contributed by atoms with Crippen LogP contribution in [0.2, 0.25) is 0 Å². The Morgan fingerprint density at radius 1 is 1.47 bits per heavy atom. The Morgan fingerprint density at radius 2 is 2.24 bits per heavy atom. The molecule has 1 aromatic rings. The Morgan fingerprint density at radius 3 is 2.94 bits per heavy atom. The Balaban J connectivity index is 2.29. The Bertz CT molecular complexity index is 393. The second-order valence-electron chi connectivity index (χ2n) is 3.91. The number of hydrogen-bond acceptors (Lipinski definition) is 3. The van der Waals surface area contributed by atoms with Crippen molar-refractivity contribution in [3.8, 4) is 0 Å². The molecule has 0 aliphatic carbocycles. The fraction of sp³-hybridized carbons (Fsp3) is 0.417. The number of aryl methyl sites for hydroxylation is 1. The Hall–Kier alpha value is -1.23. The summed E-state index contributed by atoms with van der Waals surface area (Å²) >= 11 is 3.55. The largest absolute Gasteiger partial charge is 0.409 e. The third-order valence-electron chi connectivity index (χ3n) is 2.50. The standard InChI is InChI=1S/C12H18BrN3O/c1-9-5-4-6-10(12(9)13)15-8-3-2-7-11(14)16-17/h4-6,15,17H,2-3,7-8H2,1H3,(H2,14,16). The molecule has 0 saturated heterocycles. The lowest BCUT2D eigenvalue weighted by Crippen LogP contribution is -2.12. The van der Waals surface area contributed by atoms with Crippen molar-refractivity contribution < 1.29 is 5.21 Å². The van der Waals surface area contributed by atoms with E-state index in [-0.39, 0.29) is 0 Å². The average Bonchev–Trinajstić information content (AvgIpc) is 2.33. The number of nitrogens with one attached hydrogen (secondary N) is 1. The van der Waals surface area contributed by atoms with Crippen molar-refractivity contribution in [1.29, 1.82) is 0 Å². The summed E-state index contributed by atoms with van der Waals surface area (Å²) in [6.07, 6.45) is 2.52. The monoisotopic (exact) mass is 299 g/mol. The molecular weight excluding hydrogens is 282 g/mol. The number of amidine groups is 1. The molecule has 0 aromatic heterocycles. The maximum Gasteiger partial charge on any atom is 0.139 e. The molecule has 17 heavy (non-hydrogen) atoms. The van der Waals surface area contributed by atoms with E-state index in [1.165, 1.54) is 5.56 Å². The molecule has 4 N–H and O–H groups in total. The number of rotatable bonds is 6.